The van der Waals surface area contributed by atoms with Crippen LogP contribution in [0.1, 0.15) is 51.3 Å². The van der Waals surface area contributed by atoms with Crippen molar-refractivity contribution in [3.05, 3.63) is 45.7 Å². The van der Waals surface area contributed by atoms with Crippen LogP contribution in [0.25, 0.3) is 11.8 Å². The Kier molecular flexibility index (Phi) is 8.65. The number of benzene rings is 1. The van der Waals surface area contributed by atoms with Crippen LogP contribution in [0.15, 0.2) is 29.0 Å². The predicted octanol–water partition coefficient (Wildman–Crippen LogP) is 1.59. The van der Waals surface area contributed by atoms with Crippen molar-refractivity contribution in [3.63, 3.8) is 0 Å². The smallest absolute Gasteiger partial charge is 0.255 e. The third-order valence-corrected chi connectivity index (χ3v) is 8.12. The fourth-order valence-electron chi connectivity index (χ4n) is 6.41. The van der Waals surface area contributed by atoms with Crippen LogP contribution in [0.5, 0.6) is 5.75 Å². The summed E-state index contributed by atoms with van der Waals surface area (Å²) < 4.78 is 0. The molecule has 0 heterocycles. The van der Waals surface area contributed by atoms with Gasteiger partial charge in [-0.15, -0.1) is 0 Å². The van der Waals surface area contributed by atoms with Gasteiger partial charge in [-0.25, -0.2) is 0 Å². The molecule has 12 nitrogen and oxygen atoms in total. The predicted molar refractivity (Wildman–Crippen MR) is 162 cm³/mol. The number of anilines is 1. The van der Waals surface area contributed by atoms with Crippen molar-refractivity contribution >= 4 is 40.9 Å². The van der Waals surface area contributed by atoms with Gasteiger partial charge in [-0.3, -0.25) is 24.1 Å². The van der Waals surface area contributed by atoms with Gasteiger partial charge in [0.05, 0.1) is 11.6 Å². The van der Waals surface area contributed by atoms with Crippen LogP contribution in [0.4, 0.5) is 5.69 Å². The highest BCUT2D eigenvalue weighted by molar-refractivity contribution is 6.24. The van der Waals surface area contributed by atoms with Gasteiger partial charge in [-0.1, -0.05) is 7.43 Å². The fraction of sp³-hybridized carbons (Fsp3) is 0.484. The Hall–Kier alpha value is -4.16. The highest BCUT2D eigenvalue weighted by atomic mass is 16.3. The first-order valence-corrected chi connectivity index (χ1v) is 13.5. The van der Waals surface area contributed by atoms with Crippen molar-refractivity contribution in [2.24, 2.45) is 17.6 Å². The number of hydrogen-bond donors (Lipinski definition) is 6. The molecule has 0 radical (unpaired) electrons. The monoisotopic (exact) mass is 598 g/mol. The molecule has 4 atom stereocenters. The molecule has 7 N–H and O–H groups in total. The third kappa shape index (κ3) is 5.29. The van der Waals surface area contributed by atoms with Gasteiger partial charge in [0.25, 0.3) is 5.91 Å². The maximum atomic E-state index is 14.0. The lowest BCUT2D eigenvalue weighted by atomic mass is 9.57. The number of hydrogen-bond acceptors (Lipinski definition) is 10. The van der Waals surface area contributed by atoms with Crippen LogP contribution in [0.2, 0.25) is 0 Å². The van der Waals surface area contributed by atoms with Gasteiger partial charge in [0.2, 0.25) is 11.7 Å². The molecule has 0 bridgehead atoms. The summed E-state index contributed by atoms with van der Waals surface area (Å²) in [4.78, 5) is 55.1. The van der Waals surface area contributed by atoms with Crippen molar-refractivity contribution < 1.29 is 39.6 Å². The minimum atomic E-state index is -2.72. The summed E-state index contributed by atoms with van der Waals surface area (Å²) in [6.07, 6.45) is 2.79. The molecular formula is C31H42N4O8. The molecule has 234 valence electrons. The SMILES string of the molecule is C.CN(C)c1cc(/C=C/C(=O)NC(C)(C)C)c(O)c2c1C[C@H]1C[C@H]3C(N(C)C)C(=O)C(C(N)=O)=C(O)[C@@]3(O)C(=O)C1=C2O. The first-order valence-electron chi connectivity index (χ1n) is 13.5. The van der Waals surface area contributed by atoms with E-state index in [1.165, 1.54) is 17.1 Å². The Morgan fingerprint density at radius 3 is 2.23 bits per heavy atom. The normalized spacial score (nSPS) is 25.3. The average Bonchev–Trinajstić information content (AvgIpc) is 2.84. The summed E-state index contributed by atoms with van der Waals surface area (Å²) in [5.74, 6) is -7.56. The molecule has 2 amide bonds. The molecule has 1 unspecified atom stereocenters. The number of aliphatic hydroxyl groups excluding tert-OH is 2. The van der Waals surface area contributed by atoms with Crippen LogP contribution < -0.4 is 16.0 Å². The Bertz CT molecular complexity index is 1500. The van der Waals surface area contributed by atoms with E-state index in [2.05, 4.69) is 5.32 Å². The quantitative estimate of drug-likeness (QED) is 0.214. The number of aromatic hydroxyl groups is 1. The number of amides is 2. The van der Waals surface area contributed by atoms with Gasteiger partial charge in [0, 0.05) is 48.5 Å². The number of ketones is 2. The number of primary amides is 1. The second-order valence-corrected chi connectivity index (χ2v) is 12.6. The van der Waals surface area contributed by atoms with Crippen molar-refractivity contribution in [3.8, 4) is 5.75 Å². The van der Waals surface area contributed by atoms with Crippen LogP contribution in [-0.2, 0) is 25.6 Å². The molecule has 0 saturated heterocycles. The van der Waals surface area contributed by atoms with Gasteiger partial charge in [0.1, 0.15) is 22.8 Å². The van der Waals surface area contributed by atoms with E-state index >= 15 is 0 Å². The number of phenolic OH excluding ortho intramolecular Hbond substituents is 1. The first-order chi connectivity index (χ1) is 19.3. The van der Waals surface area contributed by atoms with E-state index in [9.17, 15) is 39.6 Å². The van der Waals surface area contributed by atoms with E-state index in [1.807, 2.05) is 20.8 Å². The number of fused-ring (bicyclic) bond motifs is 3. The van der Waals surface area contributed by atoms with Crippen molar-refractivity contribution in [2.75, 3.05) is 33.1 Å². The van der Waals surface area contributed by atoms with E-state index in [1.54, 1.807) is 39.2 Å². The minimum Gasteiger partial charge on any atom is -0.508 e. The number of rotatable bonds is 5. The van der Waals surface area contributed by atoms with Crippen molar-refractivity contribution in [2.45, 2.75) is 58.2 Å². The highest BCUT2D eigenvalue weighted by Crippen LogP contribution is 2.54. The summed E-state index contributed by atoms with van der Waals surface area (Å²) in [6.45, 7) is 5.46. The highest BCUT2D eigenvalue weighted by Gasteiger charge is 2.64. The summed E-state index contributed by atoms with van der Waals surface area (Å²) >= 11 is 0. The number of aliphatic hydroxyl groups is 3. The average molecular weight is 599 g/mol. The lowest BCUT2D eigenvalue weighted by Crippen LogP contribution is -2.65. The minimum absolute atomic E-state index is 0. The summed E-state index contributed by atoms with van der Waals surface area (Å²) in [5, 5.41) is 48.4. The van der Waals surface area contributed by atoms with Crippen molar-refractivity contribution in [1.82, 2.24) is 10.2 Å². The van der Waals surface area contributed by atoms with Gasteiger partial charge in [0.15, 0.2) is 11.4 Å². The molecule has 3 aliphatic rings. The van der Waals surface area contributed by atoms with Gasteiger partial charge >= 0.3 is 0 Å². The van der Waals surface area contributed by atoms with E-state index in [0.717, 1.165) is 0 Å². The number of likely N-dealkylation sites (N-methyl/N-ethyl adjacent to an activating group) is 1. The maximum Gasteiger partial charge on any atom is 0.255 e. The number of carbonyl (C=O) groups is 4. The second-order valence-electron chi connectivity index (χ2n) is 12.6. The molecule has 1 saturated carbocycles. The molecule has 1 fully saturated rings. The molecule has 0 spiro atoms. The maximum absolute atomic E-state index is 14.0. The van der Waals surface area contributed by atoms with Gasteiger partial charge in [-0.2, -0.15) is 0 Å². The lowest BCUT2D eigenvalue weighted by molar-refractivity contribution is -0.153. The van der Waals surface area contributed by atoms with E-state index in [-0.39, 0.29) is 42.7 Å². The van der Waals surface area contributed by atoms with E-state index < -0.39 is 69.5 Å². The third-order valence-electron chi connectivity index (χ3n) is 8.12. The molecule has 12 heteroatoms. The van der Waals surface area contributed by atoms with Gasteiger partial charge < -0.3 is 36.4 Å². The Morgan fingerprint density at radius 2 is 1.72 bits per heavy atom. The molecule has 3 aliphatic carbocycles. The topological polar surface area (TPSA) is 194 Å². The van der Waals surface area contributed by atoms with E-state index in [0.29, 0.717) is 11.3 Å². The van der Waals surface area contributed by atoms with Gasteiger partial charge in [-0.05, 0) is 71.3 Å². The molecule has 0 aliphatic heterocycles. The summed E-state index contributed by atoms with van der Waals surface area (Å²) in [6, 6.07) is 0.505. The van der Waals surface area contributed by atoms with Crippen LogP contribution in [0.3, 0.4) is 0 Å². The number of carbonyl (C=O) groups excluding carboxylic acids is 4. The molecule has 4 rings (SSSR count). The molecule has 1 aromatic carbocycles. The zero-order valence-corrected chi connectivity index (χ0v) is 24.8. The number of nitrogens with two attached hydrogens (primary N) is 1. The van der Waals surface area contributed by atoms with E-state index in [4.69, 9.17) is 5.73 Å². The fourth-order valence-corrected chi connectivity index (χ4v) is 6.41. The van der Waals surface area contributed by atoms with Crippen LogP contribution >= 0.6 is 0 Å². The number of Topliss-reactive ketones (excluding diaryl/α,β-unsaturated/α-hetero) is 2. The van der Waals surface area contributed by atoms with Crippen molar-refractivity contribution in [1.29, 1.82) is 0 Å². The first kappa shape index (κ1) is 33.3. The Morgan fingerprint density at radius 1 is 1.12 bits per heavy atom. The molecule has 0 aromatic heterocycles. The number of nitrogens with zero attached hydrogens (tertiary/aromatic N) is 2. The number of nitrogens with one attached hydrogen (secondary N) is 1. The second kappa shape index (κ2) is 11.2. The zero-order valence-electron chi connectivity index (χ0n) is 24.8. The lowest BCUT2D eigenvalue weighted by Gasteiger charge is -2.50. The molecule has 43 heavy (non-hydrogen) atoms. The number of phenols is 1. The standard InChI is InChI=1S/C30H38N4O8.CH4/c1-29(2,3)32-18(35)9-8-13-12-17(33(4)5)15-10-14-11-16-22(34(6)7)25(38)21(28(31)41)27(40)30(16,42)26(39)19(14)24(37)20(15)23(13)36;/h8-9,12,14,16,22,36-37,40,42H,10-11H2,1-7H3,(H2,31,41)(H,32,35);1H4/b9-8+;/t14-,16-,22?,30-;/m0./s1. The largest absolute Gasteiger partial charge is 0.508 e. The Labute approximate surface area is 251 Å². The summed E-state index contributed by atoms with van der Waals surface area (Å²) in [7, 11) is 6.63. The Balaban J connectivity index is 0.00000506. The zero-order chi connectivity index (χ0) is 31.6. The molecule has 1 aromatic rings. The molecular weight excluding hydrogens is 556 g/mol. The van der Waals surface area contributed by atoms with Crippen LogP contribution in [0, 0.1) is 11.8 Å². The van der Waals surface area contributed by atoms with Crippen LogP contribution in [-0.4, -0.2) is 94.1 Å². The summed E-state index contributed by atoms with van der Waals surface area (Å²) in [5.41, 5.74) is 2.34.